The lowest BCUT2D eigenvalue weighted by molar-refractivity contribution is 0.141. The van der Waals surface area contributed by atoms with Crippen LogP contribution in [0, 0.1) is 0 Å². The van der Waals surface area contributed by atoms with Gasteiger partial charge in [-0.05, 0) is 37.1 Å². The molecule has 0 aliphatic rings. The summed E-state index contributed by atoms with van der Waals surface area (Å²) in [7, 11) is 0. The monoisotopic (exact) mass is 318 g/mol. The van der Waals surface area contributed by atoms with Crippen LogP contribution in [0.5, 0.6) is 0 Å². The molecule has 3 nitrogen and oxygen atoms in total. The molecular formula is C18H23ClN2O. The highest BCUT2D eigenvalue weighted by Gasteiger charge is 2.17. The first-order chi connectivity index (χ1) is 10.2. The summed E-state index contributed by atoms with van der Waals surface area (Å²) >= 11 is 0. The maximum absolute atomic E-state index is 9.99. The second-order valence-electron chi connectivity index (χ2n) is 5.54. The fourth-order valence-electron chi connectivity index (χ4n) is 3.10. The second-order valence-corrected chi connectivity index (χ2v) is 5.54. The maximum Gasteiger partial charge on any atom is 0.0730 e. The molecule has 22 heavy (non-hydrogen) atoms. The third-order valence-corrected chi connectivity index (χ3v) is 4.33. The summed E-state index contributed by atoms with van der Waals surface area (Å²) in [6.45, 7) is 5.05. The van der Waals surface area contributed by atoms with Gasteiger partial charge in [0.05, 0.1) is 12.1 Å². The Morgan fingerprint density at radius 1 is 1.05 bits per heavy atom. The lowest BCUT2D eigenvalue weighted by Crippen LogP contribution is -2.25. The zero-order chi connectivity index (χ0) is 15.0. The molecule has 0 aliphatic heterocycles. The molecule has 0 amide bonds. The fourth-order valence-corrected chi connectivity index (χ4v) is 3.10. The number of para-hydroxylation sites is 1. The molecule has 0 saturated carbocycles. The van der Waals surface area contributed by atoms with Crippen molar-refractivity contribution >= 4 is 34.2 Å². The summed E-state index contributed by atoms with van der Waals surface area (Å²) < 4.78 is 2.32. The predicted molar refractivity (Wildman–Crippen MR) is 95.6 cm³/mol. The molecule has 0 spiro atoms. The molecule has 0 bridgehead atoms. The molecule has 1 heterocycles. The van der Waals surface area contributed by atoms with E-state index in [9.17, 15) is 5.11 Å². The Morgan fingerprint density at radius 2 is 1.73 bits per heavy atom. The summed E-state index contributed by atoms with van der Waals surface area (Å²) in [5, 5.41) is 12.4. The summed E-state index contributed by atoms with van der Waals surface area (Å²) in [6, 6.07) is 14.4. The SMILES string of the molecule is CC[C@@H](O)[C@@H](N)c1ccc2c(c1)c1ccccc1n2CC.Cl. The number of nitrogens with two attached hydrogens (primary N) is 1. The number of aryl methyl sites for hydroxylation is 1. The molecule has 0 aliphatic carbocycles. The minimum absolute atomic E-state index is 0. The van der Waals surface area contributed by atoms with Gasteiger partial charge in [-0.1, -0.05) is 31.2 Å². The lowest BCUT2D eigenvalue weighted by Gasteiger charge is -2.17. The van der Waals surface area contributed by atoms with E-state index in [4.69, 9.17) is 5.73 Å². The molecule has 3 rings (SSSR count). The van der Waals surface area contributed by atoms with E-state index in [1.54, 1.807) is 0 Å². The topological polar surface area (TPSA) is 51.2 Å². The third-order valence-electron chi connectivity index (χ3n) is 4.33. The van der Waals surface area contributed by atoms with Crippen molar-refractivity contribution in [3.8, 4) is 0 Å². The largest absolute Gasteiger partial charge is 0.391 e. The van der Waals surface area contributed by atoms with Crippen molar-refractivity contribution < 1.29 is 5.11 Å². The van der Waals surface area contributed by atoms with Crippen LogP contribution in [0.15, 0.2) is 42.5 Å². The van der Waals surface area contributed by atoms with E-state index in [-0.39, 0.29) is 18.4 Å². The number of benzene rings is 2. The Kier molecular flexibility index (Phi) is 5.12. The van der Waals surface area contributed by atoms with Crippen molar-refractivity contribution in [1.29, 1.82) is 0 Å². The van der Waals surface area contributed by atoms with E-state index in [1.165, 1.54) is 21.8 Å². The van der Waals surface area contributed by atoms with Gasteiger partial charge in [-0.15, -0.1) is 12.4 Å². The van der Waals surface area contributed by atoms with E-state index < -0.39 is 6.10 Å². The number of aliphatic hydroxyl groups excluding tert-OH is 1. The van der Waals surface area contributed by atoms with Crippen LogP contribution in [-0.2, 0) is 6.54 Å². The van der Waals surface area contributed by atoms with Gasteiger partial charge in [0.1, 0.15) is 0 Å². The summed E-state index contributed by atoms with van der Waals surface area (Å²) in [5.41, 5.74) is 9.63. The normalized spacial score (nSPS) is 14.0. The van der Waals surface area contributed by atoms with Gasteiger partial charge in [-0.2, -0.15) is 0 Å². The number of hydrogen-bond donors (Lipinski definition) is 2. The van der Waals surface area contributed by atoms with Crippen LogP contribution in [0.2, 0.25) is 0 Å². The molecule has 0 unspecified atom stereocenters. The van der Waals surface area contributed by atoms with Crippen LogP contribution < -0.4 is 5.73 Å². The third kappa shape index (κ3) is 2.60. The van der Waals surface area contributed by atoms with Crippen molar-refractivity contribution in [3.63, 3.8) is 0 Å². The molecule has 2 aromatic carbocycles. The number of nitrogens with zero attached hydrogens (tertiary/aromatic N) is 1. The fraction of sp³-hybridized carbons (Fsp3) is 0.333. The van der Waals surface area contributed by atoms with Crippen molar-refractivity contribution in [1.82, 2.24) is 4.57 Å². The number of aliphatic hydroxyl groups is 1. The van der Waals surface area contributed by atoms with Crippen molar-refractivity contribution in [2.75, 3.05) is 0 Å². The number of fused-ring (bicyclic) bond motifs is 3. The average Bonchev–Trinajstić information content (AvgIpc) is 2.86. The van der Waals surface area contributed by atoms with Crippen LogP contribution in [0.1, 0.15) is 31.9 Å². The number of aromatic nitrogens is 1. The molecular weight excluding hydrogens is 296 g/mol. The molecule has 0 fully saturated rings. The minimum Gasteiger partial charge on any atom is -0.391 e. The van der Waals surface area contributed by atoms with E-state index >= 15 is 0 Å². The van der Waals surface area contributed by atoms with Gasteiger partial charge in [-0.3, -0.25) is 0 Å². The van der Waals surface area contributed by atoms with Crippen LogP contribution >= 0.6 is 12.4 Å². The van der Waals surface area contributed by atoms with Gasteiger partial charge >= 0.3 is 0 Å². The smallest absolute Gasteiger partial charge is 0.0730 e. The van der Waals surface area contributed by atoms with Gasteiger partial charge < -0.3 is 15.4 Å². The summed E-state index contributed by atoms with van der Waals surface area (Å²) in [5.74, 6) is 0. The van der Waals surface area contributed by atoms with Crippen LogP contribution in [0.4, 0.5) is 0 Å². The van der Waals surface area contributed by atoms with Crippen LogP contribution in [-0.4, -0.2) is 15.8 Å². The van der Waals surface area contributed by atoms with E-state index in [1.807, 2.05) is 13.0 Å². The molecule has 3 aromatic rings. The van der Waals surface area contributed by atoms with Crippen molar-refractivity contribution in [3.05, 3.63) is 48.0 Å². The first-order valence-corrected chi connectivity index (χ1v) is 7.61. The molecule has 2 atom stereocenters. The Morgan fingerprint density at radius 3 is 2.41 bits per heavy atom. The Labute approximate surface area is 137 Å². The molecule has 4 heteroatoms. The molecule has 118 valence electrons. The average molecular weight is 319 g/mol. The first kappa shape index (κ1) is 16.8. The second kappa shape index (κ2) is 6.69. The zero-order valence-electron chi connectivity index (χ0n) is 13.0. The van der Waals surface area contributed by atoms with Gasteiger partial charge in [-0.25, -0.2) is 0 Å². The van der Waals surface area contributed by atoms with Gasteiger partial charge in [0.2, 0.25) is 0 Å². The highest BCUT2D eigenvalue weighted by atomic mass is 35.5. The van der Waals surface area contributed by atoms with E-state index in [0.29, 0.717) is 6.42 Å². The number of halogens is 1. The summed E-state index contributed by atoms with van der Waals surface area (Å²) in [6.07, 6.45) is 0.164. The van der Waals surface area contributed by atoms with Gasteiger partial charge in [0.25, 0.3) is 0 Å². The Bertz CT molecular complexity index is 781. The first-order valence-electron chi connectivity index (χ1n) is 7.61. The Balaban J connectivity index is 0.00000176. The lowest BCUT2D eigenvalue weighted by atomic mass is 9.98. The van der Waals surface area contributed by atoms with E-state index in [2.05, 4.69) is 47.9 Å². The van der Waals surface area contributed by atoms with E-state index in [0.717, 1.165) is 12.1 Å². The standard InChI is InChI=1S/C18H22N2O.ClH/c1-3-17(21)18(19)12-9-10-16-14(11-12)13-7-5-6-8-15(13)20(16)4-2;/h5-11,17-18,21H,3-4,19H2,1-2H3;1H/t17-,18+;/m1./s1. The number of hydrogen-bond acceptors (Lipinski definition) is 2. The number of rotatable bonds is 4. The minimum atomic E-state index is -0.498. The van der Waals surface area contributed by atoms with Gasteiger partial charge in [0.15, 0.2) is 0 Å². The van der Waals surface area contributed by atoms with Crippen LogP contribution in [0.25, 0.3) is 21.8 Å². The highest BCUT2D eigenvalue weighted by molar-refractivity contribution is 6.08. The van der Waals surface area contributed by atoms with Crippen molar-refractivity contribution in [2.45, 2.75) is 39.0 Å². The maximum atomic E-state index is 9.99. The molecule has 1 aromatic heterocycles. The summed E-state index contributed by atoms with van der Waals surface area (Å²) in [4.78, 5) is 0. The zero-order valence-corrected chi connectivity index (χ0v) is 13.8. The highest BCUT2D eigenvalue weighted by Crippen LogP contribution is 2.31. The predicted octanol–water partition coefficient (Wildman–Crippen LogP) is 4.01. The molecule has 0 saturated heterocycles. The van der Waals surface area contributed by atoms with Gasteiger partial charge in [0, 0.05) is 28.4 Å². The Hall–Kier alpha value is -1.55. The molecule has 0 radical (unpaired) electrons. The quantitative estimate of drug-likeness (QED) is 0.763. The van der Waals surface area contributed by atoms with Crippen LogP contribution in [0.3, 0.4) is 0 Å². The van der Waals surface area contributed by atoms with Crippen molar-refractivity contribution in [2.24, 2.45) is 5.73 Å². The molecule has 3 N–H and O–H groups in total.